The number of carboxylic acid groups (broad SMARTS) is 1. The van der Waals surface area contributed by atoms with E-state index < -0.39 is 5.97 Å². The topological polar surface area (TPSA) is 67.5 Å². The molecule has 0 bridgehead atoms. The van der Waals surface area contributed by atoms with Crippen LogP contribution in [0.1, 0.15) is 10.4 Å². The van der Waals surface area contributed by atoms with E-state index in [0.29, 0.717) is 0 Å². The number of carboxylic acids is 1. The Hall–Kier alpha value is -1.62. The van der Waals surface area contributed by atoms with E-state index in [9.17, 15) is 4.79 Å². The fourth-order valence-corrected chi connectivity index (χ4v) is 1.23. The van der Waals surface area contributed by atoms with E-state index in [1.54, 1.807) is 0 Å². The molecule has 0 aliphatic heterocycles. The maximum Gasteiger partial charge on any atom is 0.339 e. The standard InChI is InChI=1S/C7H4ClN3O2/c8-5-3-4(7(12)13)6-9-1-2-11(6)10-5/h1-3H,(H,12,13). The van der Waals surface area contributed by atoms with Crippen LogP contribution in [0.3, 0.4) is 0 Å². The van der Waals surface area contributed by atoms with Gasteiger partial charge in [0.05, 0.1) is 0 Å². The van der Waals surface area contributed by atoms with Gasteiger partial charge >= 0.3 is 5.97 Å². The zero-order valence-corrected chi connectivity index (χ0v) is 7.06. The quantitative estimate of drug-likeness (QED) is 0.743. The lowest BCUT2D eigenvalue weighted by molar-refractivity contribution is 0.0698. The summed E-state index contributed by atoms with van der Waals surface area (Å²) in [6.07, 6.45) is 3.00. The summed E-state index contributed by atoms with van der Waals surface area (Å²) in [4.78, 5) is 14.6. The normalized spacial score (nSPS) is 10.5. The number of hydrogen-bond acceptors (Lipinski definition) is 3. The Bertz CT molecular complexity index is 480. The number of aromatic carboxylic acids is 1. The molecule has 0 fully saturated rings. The second kappa shape index (κ2) is 2.70. The van der Waals surface area contributed by atoms with Crippen LogP contribution in [0.5, 0.6) is 0 Å². The molecule has 0 aliphatic rings. The lowest BCUT2D eigenvalue weighted by atomic mass is 10.3. The van der Waals surface area contributed by atoms with Crippen LogP contribution >= 0.6 is 11.6 Å². The second-order valence-electron chi connectivity index (χ2n) is 2.38. The summed E-state index contributed by atoms with van der Waals surface area (Å²) in [5.41, 5.74) is 0.335. The molecule has 0 atom stereocenters. The monoisotopic (exact) mass is 197 g/mol. The molecule has 0 radical (unpaired) electrons. The highest BCUT2D eigenvalue weighted by atomic mass is 35.5. The Kier molecular flexibility index (Phi) is 1.66. The molecule has 0 saturated carbocycles. The SMILES string of the molecule is O=C(O)c1cc(Cl)nn2ccnc12. The molecule has 0 aliphatic carbocycles. The highest BCUT2D eigenvalue weighted by molar-refractivity contribution is 6.29. The Labute approximate surface area is 77.6 Å². The number of carbonyl (C=O) groups is 1. The van der Waals surface area contributed by atoms with Crippen molar-refractivity contribution >= 4 is 23.2 Å². The minimum absolute atomic E-state index is 0.0463. The van der Waals surface area contributed by atoms with Crippen molar-refractivity contribution in [1.82, 2.24) is 14.6 Å². The van der Waals surface area contributed by atoms with Crippen LogP contribution in [0.4, 0.5) is 0 Å². The van der Waals surface area contributed by atoms with E-state index in [2.05, 4.69) is 10.1 Å². The van der Waals surface area contributed by atoms with Gasteiger partial charge in [0.25, 0.3) is 0 Å². The van der Waals surface area contributed by atoms with Crippen molar-refractivity contribution < 1.29 is 9.90 Å². The first-order valence-corrected chi connectivity index (χ1v) is 3.79. The van der Waals surface area contributed by atoms with E-state index in [-0.39, 0.29) is 16.4 Å². The third kappa shape index (κ3) is 1.23. The van der Waals surface area contributed by atoms with Gasteiger partial charge in [0, 0.05) is 12.4 Å². The van der Waals surface area contributed by atoms with Crippen molar-refractivity contribution in [3.8, 4) is 0 Å². The van der Waals surface area contributed by atoms with Gasteiger partial charge in [-0.3, -0.25) is 0 Å². The molecule has 13 heavy (non-hydrogen) atoms. The number of aromatic nitrogens is 3. The van der Waals surface area contributed by atoms with Gasteiger partial charge in [0.1, 0.15) is 5.56 Å². The Morgan fingerprint density at radius 3 is 3.08 bits per heavy atom. The zero-order chi connectivity index (χ0) is 9.42. The van der Waals surface area contributed by atoms with E-state index >= 15 is 0 Å². The molecule has 5 nitrogen and oxygen atoms in total. The number of imidazole rings is 1. The summed E-state index contributed by atoms with van der Waals surface area (Å²) in [7, 11) is 0. The van der Waals surface area contributed by atoms with Crippen LogP contribution < -0.4 is 0 Å². The predicted octanol–water partition coefficient (Wildman–Crippen LogP) is 1.08. The number of nitrogens with zero attached hydrogens (tertiary/aromatic N) is 3. The van der Waals surface area contributed by atoms with Crippen molar-refractivity contribution in [2.75, 3.05) is 0 Å². The zero-order valence-electron chi connectivity index (χ0n) is 6.31. The molecule has 0 unspecified atom stereocenters. The molecular weight excluding hydrogens is 194 g/mol. The van der Waals surface area contributed by atoms with Gasteiger partial charge in [-0.1, -0.05) is 11.6 Å². The van der Waals surface area contributed by atoms with Gasteiger partial charge in [-0.05, 0) is 6.07 Å². The van der Waals surface area contributed by atoms with Crippen molar-refractivity contribution in [2.24, 2.45) is 0 Å². The van der Waals surface area contributed by atoms with E-state index in [0.717, 1.165) is 0 Å². The minimum Gasteiger partial charge on any atom is -0.478 e. The predicted molar refractivity (Wildman–Crippen MR) is 45.0 cm³/mol. The molecule has 6 heteroatoms. The van der Waals surface area contributed by atoms with Crippen LogP contribution in [0, 0.1) is 0 Å². The van der Waals surface area contributed by atoms with Crippen molar-refractivity contribution in [3.63, 3.8) is 0 Å². The molecule has 1 N–H and O–H groups in total. The van der Waals surface area contributed by atoms with Gasteiger partial charge in [-0.25, -0.2) is 14.3 Å². The Morgan fingerprint density at radius 2 is 2.38 bits per heavy atom. The first kappa shape index (κ1) is 8.00. The summed E-state index contributed by atoms with van der Waals surface area (Å²) in [5.74, 6) is -1.07. The first-order valence-electron chi connectivity index (χ1n) is 3.41. The maximum absolute atomic E-state index is 10.7. The van der Waals surface area contributed by atoms with Crippen LogP contribution in [0.15, 0.2) is 18.5 Å². The molecule has 0 saturated heterocycles. The van der Waals surface area contributed by atoms with E-state index in [1.807, 2.05) is 0 Å². The molecule has 66 valence electrons. The summed E-state index contributed by atoms with van der Waals surface area (Å²) in [5, 5.41) is 12.7. The van der Waals surface area contributed by atoms with Gasteiger partial charge in [-0.2, -0.15) is 5.10 Å². The third-order valence-corrected chi connectivity index (χ3v) is 1.74. The fraction of sp³-hybridized carbons (Fsp3) is 0. The van der Waals surface area contributed by atoms with Gasteiger partial charge in [-0.15, -0.1) is 0 Å². The average molecular weight is 198 g/mol. The lowest BCUT2D eigenvalue weighted by Gasteiger charge is -1.97. The molecule has 0 aromatic carbocycles. The van der Waals surface area contributed by atoms with Gasteiger partial charge < -0.3 is 5.11 Å². The molecule has 0 spiro atoms. The number of fused-ring (bicyclic) bond motifs is 1. The van der Waals surface area contributed by atoms with Crippen LogP contribution in [-0.2, 0) is 0 Å². The first-order chi connectivity index (χ1) is 6.18. The average Bonchev–Trinajstić information content (AvgIpc) is 2.49. The highest BCUT2D eigenvalue weighted by Gasteiger charge is 2.11. The number of halogens is 1. The number of rotatable bonds is 1. The summed E-state index contributed by atoms with van der Waals surface area (Å²) >= 11 is 5.60. The van der Waals surface area contributed by atoms with Gasteiger partial charge in [0.2, 0.25) is 0 Å². The smallest absolute Gasteiger partial charge is 0.339 e. The molecule has 0 amide bonds. The van der Waals surface area contributed by atoms with Crippen molar-refractivity contribution in [1.29, 1.82) is 0 Å². The molecular formula is C7H4ClN3O2. The third-order valence-electron chi connectivity index (χ3n) is 1.56. The second-order valence-corrected chi connectivity index (χ2v) is 2.77. The Morgan fingerprint density at radius 1 is 1.62 bits per heavy atom. The summed E-state index contributed by atoms with van der Waals surface area (Å²) in [6.45, 7) is 0. The summed E-state index contributed by atoms with van der Waals surface area (Å²) in [6, 6.07) is 1.27. The number of hydrogen-bond donors (Lipinski definition) is 1. The van der Waals surface area contributed by atoms with E-state index in [1.165, 1.54) is 23.0 Å². The van der Waals surface area contributed by atoms with E-state index in [4.69, 9.17) is 16.7 Å². The summed E-state index contributed by atoms with van der Waals surface area (Å²) < 4.78 is 1.33. The van der Waals surface area contributed by atoms with Gasteiger partial charge in [0.15, 0.2) is 10.8 Å². The fourth-order valence-electron chi connectivity index (χ4n) is 1.04. The molecule has 2 rings (SSSR count). The highest BCUT2D eigenvalue weighted by Crippen LogP contribution is 2.12. The molecule has 2 aromatic heterocycles. The van der Waals surface area contributed by atoms with Crippen LogP contribution in [-0.4, -0.2) is 25.7 Å². The Balaban J connectivity index is 2.84. The largest absolute Gasteiger partial charge is 0.478 e. The molecule has 2 aromatic rings. The maximum atomic E-state index is 10.7. The van der Waals surface area contributed by atoms with Crippen LogP contribution in [0.2, 0.25) is 5.15 Å². The minimum atomic E-state index is -1.07. The van der Waals surface area contributed by atoms with Crippen LogP contribution in [0.25, 0.3) is 5.65 Å². The molecule has 2 heterocycles. The van der Waals surface area contributed by atoms with Crippen molar-refractivity contribution in [3.05, 3.63) is 29.2 Å². The lowest BCUT2D eigenvalue weighted by Crippen LogP contribution is -2.03. The van der Waals surface area contributed by atoms with Crippen molar-refractivity contribution in [2.45, 2.75) is 0 Å².